The van der Waals surface area contributed by atoms with Gasteiger partial charge in [-0.2, -0.15) is 5.10 Å². The van der Waals surface area contributed by atoms with Gasteiger partial charge in [-0.15, -0.1) is 0 Å². The van der Waals surface area contributed by atoms with E-state index in [1.54, 1.807) is 22.8 Å². The quantitative estimate of drug-likeness (QED) is 0.715. The Kier molecular flexibility index (Phi) is 4.65. The summed E-state index contributed by atoms with van der Waals surface area (Å²) < 4.78 is 56.6. The molecule has 7 nitrogen and oxygen atoms in total. The number of amides is 2. The average Bonchev–Trinajstić information content (AvgIpc) is 3.30. The van der Waals surface area contributed by atoms with Crippen molar-refractivity contribution in [3.63, 3.8) is 0 Å². The average molecular weight is 440 g/mol. The summed E-state index contributed by atoms with van der Waals surface area (Å²) in [5.74, 6) is -5.68. The minimum absolute atomic E-state index is 0.0210. The number of alkyl halides is 4. The van der Waals surface area contributed by atoms with Crippen molar-refractivity contribution in [3.8, 4) is 0 Å². The van der Waals surface area contributed by atoms with Gasteiger partial charge in [0.1, 0.15) is 0 Å². The smallest absolute Gasteiger partial charge is 0.318 e. The van der Waals surface area contributed by atoms with Crippen LogP contribution in [0.4, 0.5) is 22.4 Å². The Labute approximate surface area is 176 Å². The Bertz CT molecular complexity index is 1000. The number of imidazole rings is 1. The summed E-state index contributed by atoms with van der Waals surface area (Å²) in [7, 11) is 0. The van der Waals surface area contributed by atoms with Crippen molar-refractivity contribution in [3.05, 3.63) is 29.7 Å². The van der Waals surface area contributed by atoms with E-state index in [1.165, 1.54) is 4.90 Å². The lowest BCUT2D eigenvalue weighted by Crippen LogP contribution is -2.36. The normalized spacial score (nSPS) is 28.7. The highest BCUT2D eigenvalue weighted by atomic mass is 19.3. The van der Waals surface area contributed by atoms with E-state index >= 15 is 0 Å². The lowest BCUT2D eigenvalue weighted by atomic mass is 9.81. The highest BCUT2D eigenvalue weighted by molar-refractivity contribution is 5.78. The molecule has 3 aliphatic rings. The molecule has 5 rings (SSSR count). The summed E-state index contributed by atoms with van der Waals surface area (Å²) in [5, 5.41) is 6.95. The molecule has 3 N–H and O–H groups in total. The van der Waals surface area contributed by atoms with E-state index in [9.17, 15) is 22.4 Å². The van der Waals surface area contributed by atoms with Gasteiger partial charge in [0, 0.05) is 31.9 Å². The van der Waals surface area contributed by atoms with Crippen LogP contribution in [0.2, 0.25) is 0 Å². The number of nitrogens with zero attached hydrogens (tertiary/aromatic N) is 4. The van der Waals surface area contributed by atoms with Crippen molar-refractivity contribution < 1.29 is 22.4 Å². The number of hydrogen-bond donors (Lipinski definition) is 2. The molecule has 1 aliphatic heterocycles. The summed E-state index contributed by atoms with van der Waals surface area (Å²) in [4.78, 5) is 18.5. The fourth-order valence-electron chi connectivity index (χ4n) is 5.22. The van der Waals surface area contributed by atoms with Crippen molar-refractivity contribution in [2.24, 2.45) is 11.7 Å². The summed E-state index contributed by atoms with van der Waals surface area (Å²) in [6.07, 6.45) is 0.879. The van der Waals surface area contributed by atoms with Crippen LogP contribution in [0.1, 0.15) is 56.0 Å². The van der Waals surface area contributed by atoms with Crippen molar-refractivity contribution in [1.82, 2.24) is 24.8 Å². The minimum Gasteiger partial charge on any atom is -0.333 e. The Morgan fingerprint density at radius 3 is 2.68 bits per heavy atom. The minimum atomic E-state index is -2.83. The molecule has 0 radical (unpaired) electrons. The van der Waals surface area contributed by atoms with E-state index in [0.29, 0.717) is 17.0 Å². The molecule has 2 aliphatic carbocycles. The molecule has 2 saturated carbocycles. The number of halogens is 4. The van der Waals surface area contributed by atoms with Crippen LogP contribution in [0.25, 0.3) is 5.65 Å². The van der Waals surface area contributed by atoms with Crippen LogP contribution < -0.4 is 11.1 Å². The second-order valence-corrected chi connectivity index (χ2v) is 8.97. The van der Waals surface area contributed by atoms with Gasteiger partial charge in [-0.05, 0) is 30.9 Å². The molecule has 1 saturated heterocycles. The highest BCUT2D eigenvalue weighted by Gasteiger charge is 2.54. The van der Waals surface area contributed by atoms with E-state index in [0.717, 1.165) is 0 Å². The molecule has 3 heterocycles. The van der Waals surface area contributed by atoms with E-state index in [-0.39, 0.29) is 44.6 Å². The van der Waals surface area contributed by atoms with Crippen LogP contribution in [-0.2, 0) is 6.54 Å². The van der Waals surface area contributed by atoms with Gasteiger partial charge in [-0.1, -0.05) is 0 Å². The van der Waals surface area contributed by atoms with Crippen LogP contribution in [0.3, 0.4) is 0 Å². The van der Waals surface area contributed by atoms with Crippen molar-refractivity contribution >= 4 is 11.7 Å². The third-order valence-electron chi connectivity index (χ3n) is 6.88. The van der Waals surface area contributed by atoms with Crippen LogP contribution in [0, 0.1) is 5.92 Å². The first-order chi connectivity index (χ1) is 14.6. The molecule has 31 heavy (non-hydrogen) atoms. The molecule has 0 spiro atoms. The van der Waals surface area contributed by atoms with Gasteiger partial charge in [-0.3, -0.25) is 0 Å². The molecule has 0 aromatic carbocycles. The number of hydrogen-bond acceptors (Lipinski definition) is 4. The zero-order valence-electron chi connectivity index (χ0n) is 16.8. The number of fused-ring (bicyclic) bond motifs is 2. The summed E-state index contributed by atoms with van der Waals surface area (Å²) in [6.45, 7) is 0.0210. The molecular formula is C20H24F4N6O. The van der Waals surface area contributed by atoms with E-state index in [1.807, 2.05) is 0 Å². The number of rotatable bonds is 4. The molecule has 2 aromatic heterocycles. The summed E-state index contributed by atoms with van der Waals surface area (Å²) in [5.41, 5.74) is 8.02. The van der Waals surface area contributed by atoms with Gasteiger partial charge >= 0.3 is 6.03 Å². The number of urea groups is 1. The predicted molar refractivity (Wildman–Crippen MR) is 103 cm³/mol. The molecule has 3 fully saturated rings. The third kappa shape index (κ3) is 3.62. The van der Waals surface area contributed by atoms with Crippen LogP contribution in [-0.4, -0.2) is 49.5 Å². The summed E-state index contributed by atoms with van der Waals surface area (Å²) in [6, 6.07) is 1.19. The number of aromatic nitrogens is 3. The first-order valence-corrected chi connectivity index (χ1v) is 10.5. The third-order valence-corrected chi connectivity index (χ3v) is 6.88. The molecular weight excluding hydrogens is 416 g/mol. The van der Waals surface area contributed by atoms with Crippen LogP contribution in [0.15, 0.2) is 18.3 Å². The maximum Gasteiger partial charge on any atom is 0.318 e. The molecule has 0 bridgehead atoms. The van der Waals surface area contributed by atoms with Gasteiger partial charge in [0.15, 0.2) is 5.65 Å². The Hall–Kier alpha value is -2.43. The SMILES string of the molecule is N[C@H](c1nc2cccnn2c1CN1C(=O)NC2CC(F)(F)CC21)C1CCC(F)(F)CC1. The van der Waals surface area contributed by atoms with Crippen LogP contribution in [0.5, 0.6) is 0 Å². The molecule has 2 amide bonds. The zero-order chi connectivity index (χ0) is 22.0. The van der Waals surface area contributed by atoms with E-state index in [2.05, 4.69) is 15.4 Å². The molecule has 2 unspecified atom stereocenters. The topological polar surface area (TPSA) is 88.5 Å². The van der Waals surface area contributed by atoms with Gasteiger partial charge < -0.3 is 16.0 Å². The Balaban J connectivity index is 1.46. The van der Waals surface area contributed by atoms with Gasteiger partial charge in [0.25, 0.3) is 5.92 Å². The van der Waals surface area contributed by atoms with E-state index in [4.69, 9.17) is 5.73 Å². The monoisotopic (exact) mass is 440 g/mol. The lowest BCUT2D eigenvalue weighted by Gasteiger charge is -2.32. The fraction of sp³-hybridized carbons (Fsp3) is 0.650. The molecule has 168 valence electrons. The van der Waals surface area contributed by atoms with E-state index < -0.39 is 42.4 Å². The zero-order valence-corrected chi connectivity index (χ0v) is 16.8. The maximum atomic E-state index is 13.9. The van der Waals surface area contributed by atoms with Crippen molar-refractivity contribution in [2.45, 2.75) is 75.0 Å². The molecule has 3 atom stereocenters. The number of nitrogens with one attached hydrogen (secondary N) is 1. The van der Waals surface area contributed by atoms with Gasteiger partial charge in [-0.25, -0.2) is 31.9 Å². The standard InChI is InChI=1S/C20H24F4N6O/c21-19(22)5-3-11(4-6-19)16(25)17-14(30-15(28-17)2-1-7-26-30)10-29-13-9-20(23,24)8-12(13)27-18(29)31/h1-2,7,11-13,16H,3-6,8-10,25H2,(H,27,31)/t12?,13?,16-/m0/s1. The molecule has 2 aromatic rings. The predicted octanol–water partition coefficient (Wildman–Crippen LogP) is 3.25. The molecule has 11 heteroatoms. The largest absolute Gasteiger partial charge is 0.333 e. The van der Waals surface area contributed by atoms with Gasteiger partial charge in [0.2, 0.25) is 5.92 Å². The van der Waals surface area contributed by atoms with Crippen molar-refractivity contribution in [2.75, 3.05) is 0 Å². The number of carbonyl (C=O) groups is 1. The Morgan fingerprint density at radius 2 is 1.94 bits per heavy atom. The second-order valence-electron chi connectivity index (χ2n) is 8.97. The first kappa shape index (κ1) is 20.5. The number of carbonyl (C=O) groups excluding carboxylic acids is 1. The van der Waals surface area contributed by atoms with Gasteiger partial charge in [0.05, 0.1) is 36.1 Å². The Morgan fingerprint density at radius 1 is 1.19 bits per heavy atom. The summed E-state index contributed by atoms with van der Waals surface area (Å²) >= 11 is 0. The number of nitrogens with two attached hydrogens (primary N) is 1. The maximum absolute atomic E-state index is 13.9. The first-order valence-electron chi connectivity index (χ1n) is 10.5. The highest BCUT2D eigenvalue weighted by Crippen LogP contribution is 2.43. The lowest BCUT2D eigenvalue weighted by molar-refractivity contribution is -0.0485. The fourth-order valence-corrected chi connectivity index (χ4v) is 5.22. The second kappa shape index (κ2) is 7.04. The van der Waals surface area contributed by atoms with Crippen LogP contribution >= 0.6 is 0 Å². The van der Waals surface area contributed by atoms with Crippen molar-refractivity contribution in [1.29, 1.82) is 0 Å².